The van der Waals surface area contributed by atoms with Gasteiger partial charge >= 0.3 is 0 Å². The second-order valence-corrected chi connectivity index (χ2v) is 6.03. The molecule has 1 saturated carbocycles. The molecule has 0 aromatic heterocycles. The molecular formula is C15H21NO3S. The monoisotopic (exact) mass is 295 g/mol. The highest BCUT2D eigenvalue weighted by Gasteiger charge is 2.31. The molecule has 1 aliphatic carbocycles. The molecule has 0 bridgehead atoms. The zero-order chi connectivity index (χ0) is 14.6. The molecule has 0 N–H and O–H groups in total. The maximum Gasteiger partial charge on any atom is 0.273 e. The van der Waals surface area contributed by atoms with E-state index in [1.807, 2.05) is 6.92 Å². The van der Waals surface area contributed by atoms with E-state index in [-0.39, 0.29) is 16.0 Å². The molecule has 0 unspecified atom stereocenters. The van der Waals surface area contributed by atoms with Crippen molar-refractivity contribution >= 4 is 18.3 Å². The molecule has 0 atom stereocenters. The first-order valence-corrected chi connectivity index (χ1v) is 7.68. The molecule has 1 aromatic rings. The number of nitro groups is 1. The molecule has 0 radical (unpaired) electrons. The summed E-state index contributed by atoms with van der Waals surface area (Å²) in [6.45, 7) is 2.51. The standard InChI is InChI=1S/C15H21NO3S/c1-12-5-6-13(16(17)18)9-14(12)19-10-15(11-20)7-3-2-4-8-15/h5-6,9,20H,2-4,7-8,10-11H2,1H3. The second kappa shape index (κ2) is 6.48. The number of aryl methyl sites for hydroxylation is 1. The van der Waals surface area contributed by atoms with Crippen molar-refractivity contribution in [2.24, 2.45) is 5.41 Å². The highest BCUT2D eigenvalue weighted by Crippen LogP contribution is 2.38. The topological polar surface area (TPSA) is 52.4 Å². The van der Waals surface area contributed by atoms with Gasteiger partial charge < -0.3 is 4.74 Å². The average Bonchev–Trinajstić information content (AvgIpc) is 2.47. The minimum Gasteiger partial charge on any atom is -0.492 e. The summed E-state index contributed by atoms with van der Waals surface area (Å²) in [6.07, 6.45) is 5.98. The predicted molar refractivity (Wildman–Crippen MR) is 82.7 cm³/mol. The van der Waals surface area contributed by atoms with Gasteiger partial charge in [-0.15, -0.1) is 0 Å². The fourth-order valence-corrected chi connectivity index (χ4v) is 3.15. The van der Waals surface area contributed by atoms with Crippen LogP contribution in [0.5, 0.6) is 5.75 Å². The number of rotatable bonds is 5. The van der Waals surface area contributed by atoms with E-state index in [1.165, 1.54) is 31.4 Å². The van der Waals surface area contributed by atoms with E-state index in [1.54, 1.807) is 6.07 Å². The summed E-state index contributed by atoms with van der Waals surface area (Å²) in [4.78, 5) is 10.4. The Bertz CT molecular complexity index is 484. The van der Waals surface area contributed by atoms with Crippen molar-refractivity contribution < 1.29 is 9.66 Å². The summed E-state index contributed by atoms with van der Waals surface area (Å²) in [5.41, 5.74) is 1.13. The number of non-ortho nitro benzene ring substituents is 1. The number of nitro benzene ring substituents is 1. The van der Waals surface area contributed by atoms with Crippen LogP contribution in [0.4, 0.5) is 5.69 Å². The zero-order valence-corrected chi connectivity index (χ0v) is 12.7. The highest BCUT2D eigenvalue weighted by atomic mass is 32.1. The van der Waals surface area contributed by atoms with Crippen LogP contribution in [0.2, 0.25) is 0 Å². The third kappa shape index (κ3) is 3.45. The van der Waals surface area contributed by atoms with Gasteiger partial charge in [-0.1, -0.05) is 19.3 Å². The first-order valence-electron chi connectivity index (χ1n) is 7.05. The lowest BCUT2D eigenvalue weighted by atomic mass is 9.76. The number of hydrogen-bond donors (Lipinski definition) is 1. The van der Waals surface area contributed by atoms with Crippen LogP contribution in [0.25, 0.3) is 0 Å². The highest BCUT2D eigenvalue weighted by molar-refractivity contribution is 7.80. The molecule has 20 heavy (non-hydrogen) atoms. The van der Waals surface area contributed by atoms with Crippen molar-refractivity contribution in [1.29, 1.82) is 0 Å². The van der Waals surface area contributed by atoms with Gasteiger partial charge in [-0.25, -0.2) is 0 Å². The fourth-order valence-electron chi connectivity index (χ4n) is 2.74. The van der Waals surface area contributed by atoms with Crippen molar-refractivity contribution in [3.8, 4) is 5.75 Å². The number of nitrogens with zero attached hydrogens (tertiary/aromatic N) is 1. The third-order valence-corrected chi connectivity index (χ3v) is 4.84. The Hall–Kier alpha value is -1.23. The van der Waals surface area contributed by atoms with Crippen LogP contribution in [0, 0.1) is 22.5 Å². The number of ether oxygens (including phenoxy) is 1. The maximum atomic E-state index is 10.8. The minimum atomic E-state index is -0.388. The van der Waals surface area contributed by atoms with Crippen molar-refractivity contribution in [3.05, 3.63) is 33.9 Å². The summed E-state index contributed by atoms with van der Waals surface area (Å²) in [7, 11) is 0. The minimum absolute atomic E-state index is 0.0779. The van der Waals surface area contributed by atoms with Gasteiger partial charge in [-0.2, -0.15) is 12.6 Å². The van der Waals surface area contributed by atoms with E-state index in [4.69, 9.17) is 4.74 Å². The van der Waals surface area contributed by atoms with E-state index < -0.39 is 0 Å². The summed E-state index contributed by atoms with van der Waals surface area (Å²) in [5.74, 6) is 1.42. The quantitative estimate of drug-likeness (QED) is 0.504. The molecule has 0 saturated heterocycles. The molecule has 0 amide bonds. The number of hydrogen-bond acceptors (Lipinski definition) is 4. The van der Waals surface area contributed by atoms with Gasteiger partial charge in [0, 0.05) is 11.5 Å². The Morgan fingerprint density at radius 2 is 2.05 bits per heavy atom. The van der Waals surface area contributed by atoms with E-state index in [9.17, 15) is 10.1 Å². The van der Waals surface area contributed by atoms with Crippen LogP contribution in [0.3, 0.4) is 0 Å². The van der Waals surface area contributed by atoms with E-state index in [2.05, 4.69) is 12.6 Å². The molecule has 1 aliphatic rings. The molecule has 110 valence electrons. The van der Waals surface area contributed by atoms with Crippen molar-refractivity contribution in [1.82, 2.24) is 0 Å². The van der Waals surface area contributed by atoms with Crippen LogP contribution in [-0.2, 0) is 0 Å². The van der Waals surface area contributed by atoms with Gasteiger partial charge in [0.25, 0.3) is 5.69 Å². The Morgan fingerprint density at radius 1 is 1.35 bits per heavy atom. The van der Waals surface area contributed by atoms with Crippen LogP contribution >= 0.6 is 12.6 Å². The van der Waals surface area contributed by atoms with Crippen LogP contribution in [-0.4, -0.2) is 17.3 Å². The van der Waals surface area contributed by atoms with Gasteiger partial charge in [0.15, 0.2) is 0 Å². The first-order chi connectivity index (χ1) is 9.56. The van der Waals surface area contributed by atoms with Gasteiger partial charge in [0.2, 0.25) is 0 Å². The first kappa shape index (κ1) is 15.2. The normalized spacial score (nSPS) is 17.7. The van der Waals surface area contributed by atoms with E-state index >= 15 is 0 Å². The second-order valence-electron chi connectivity index (χ2n) is 5.71. The fraction of sp³-hybridized carbons (Fsp3) is 0.600. The molecule has 5 heteroatoms. The molecule has 0 aliphatic heterocycles. The van der Waals surface area contributed by atoms with Crippen molar-refractivity contribution in [3.63, 3.8) is 0 Å². The lowest BCUT2D eigenvalue weighted by molar-refractivity contribution is -0.385. The van der Waals surface area contributed by atoms with Crippen LogP contribution in [0.15, 0.2) is 18.2 Å². The summed E-state index contributed by atoms with van der Waals surface area (Å²) >= 11 is 4.49. The molecule has 1 aromatic carbocycles. The lowest BCUT2D eigenvalue weighted by Crippen LogP contribution is -2.33. The molecule has 0 spiro atoms. The SMILES string of the molecule is Cc1ccc([N+](=O)[O-])cc1OCC1(CS)CCCCC1. The molecule has 1 fully saturated rings. The number of thiol groups is 1. The Kier molecular flexibility index (Phi) is 4.91. The average molecular weight is 295 g/mol. The van der Waals surface area contributed by atoms with Crippen LogP contribution in [0.1, 0.15) is 37.7 Å². The molecule has 2 rings (SSSR count). The summed E-state index contributed by atoms with van der Waals surface area (Å²) in [6, 6.07) is 4.77. The van der Waals surface area contributed by atoms with Crippen molar-refractivity contribution in [2.75, 3.05) is 12.4 Å². The van der Waals surface area contributed by atoms with Gasteiger partial charge in [-0.3, -0.25) is 10.1 Å². The smallest absolute Gasteiger partial charge is 0.273 e. The third-order valence-electron chi connectivity index (χ3n) is 4.17. The predicted octanol–water partition coefficient (Wildman–Crippen LogP) is 4.16. The summed E-state index contributed by atoms with van der Waals surface area (Å²) in [5, 5.41) is 10.8. The molecular weight excluding hydrogens is 274 g/mol. The van der Waals surface area contributed by atoms with Gasteiger partial charge in [0.05, 0.1) is 17.6 Å². The zero-order valence-electron chi connectivity index (χ0n) is 11.8. The Morgan fingerprint density at radius 3 is 2.65 bits per heavy atom. The largest absolute Gasteiger partial charge is 0.492 e. The van der Waals surface area contributed by atoms with Gasteiger partial charge in [0.1, 0.15) is 5.75 Å². The Labute approximate surface area is 125 Å². The maximum absolute atomic E-state index is 10.8. The van der Waals surface area contributed by atoms with E-state index in [0.29, 0.717) is 12.4 Å². The molecule has 0 heterocycles. The van der Waals surface area contributed by atoms with Crippen LogP contribution < -0.4 is 4.74 Å². The molecule has 4 nitrogen and oxygen atoms in total. The van der Waals surface area contributed by atoms with E-state index in [0.717, 1.165) is 24.2 Å². The Balaban J connectivity index is 2.09. The number of benzene rings is 1. The van der Waals surface area contributed by atoms with Gasteiger partial charge in [-0.05, 0) is 37.1 Å². The lowest BCUT2D eigenvalue weighted by Gasteiger charge is -2.35. The summed E-state index contributed by atoms with van der Waals surface area (Å²) < 4.78 is 5.91. The van der Waals surface area contributed by atoms with Crippen molar-refractivity contribution in [2.45, 2.75) is 39.0 Å².